The van der Waals surface area contributed by atoms with E-state index in [1.54, 1.807) is 13.0 Å². The molecule has 0 aliphatic carbocycles. The molecule has 0 radical (unpaired) electrons. The third-order valence-electron chi connectivity index (χ3n) is 3.36. The van der Waals surface area contributed by atoms with Gasteiger partial charge in [0.2, 0.25) is 5.91 Å². The second-order valence-corrected chi connectivity index (χ2v) is 6.00. The van der Waals surface area contributed by atoms with E-state index in [-0.39, 0.29) is 18.8 Å². The zero-order chi connectivity index (χ0) is 18.9. The number of anilines is 1. The summed E-state index contributed by atoms with van der Waals surface area (Å²) < 4.78 is 5.25. The number of aryl methyl sites for hydroxylation is 1. The lowest BCUT2D eigenvalue weighted by Gasteiger charge is -2.17. The summed E-state index contributed by atoms with van der Waals surface area (Å²) in [6.07, 6.45) is 1.35. The van der Waals surface area contributed by atoms with E-state index in [0.717, 1.165) is 11.3 Å². The predicted molar refractivity (Wildman–Crippen MR) is 97.6 cm³/mol. The van der Waals surface area contributed by atoms with Gasteiger partial charge < -0.3 is 15.8 Å². The molecule has 2 amide bonds. The number of halogens is 1. The number of primary amides is 1. The van der Waals surface area contributed by atoms with E-state index in [0.29, 0.717) is 11.6 Å². The number of carbonyl (C=O) groups excluding carboxylic acids is 2. The molecule has 9 heteroatoms. The third kappa shape index (κ3) is 6.66. The van der Waals surface area contributed by atoms with Gasteiger partial charge in [-0.1, -0.05) is 29.8 Å². The summed E-state index contributed by atoms with van der Waals surface area (Å²) in [6, 6.07) is 7.37. The van der Waals surface area contributed by atoms with Crippen molar-refractivity contribution in [2.24, 2.45) is 5.73 Å². The van der Waals surface area contributed by atoms with Crippen LogP contribution in [-0.2, 0) is 16.1 Å². The Morgan fingerprint density at radius 1 is 1.27 bits per heavy atom. The Balaban J connectivity index is 1.87. The van der Waals surface area contributed by atoms with Crippen LogP contribution in [0.2, 0.25) is 5.02 Å². The molecule has 1 aromatic carbocycles. The van der Waals surface area contributed by atoms with Crippen molar-refractivity contribution in [1.82, 2.24) is 15.3 Å². The number of nitrogens with zero attached hydrogens (tertiary/aromatic N) is 2. The topological polar surface area (TPSA) is 119 Å². The van der Waals surface area contributed by atoms with Gasteiger partial charge >= 0.3 is 6.09 Å². The molecule has 1 aromatic heterocycles. The average Bonchev–Trinajstić information content (AvgIpc) is 2.58. The van der Waals surface area contributed by atoms with Gasteiger partial charge in [-0.3, -0.25) is 15.1 Å². The molecule has 0 aliphatic rings. The minimum atomic E-state index is -0.742. The monoisotopic (exact) mass is 377 g/mol. The standard InChI is InChI=1S/C17H20ClN5O3/c1-11-7-22-16(10-21-11)23-17(25)26-13(6-15(19)24)9-20-8-12-4-2-3-5-14(12)18/h2-5,7,10,13,20H,6,8-9H2,1H3,(H2,19,24)(H,22,23,25). The zero-order valence-corrected chi connectivity index (χ0v) is 15.0. The Hall–Kier alpha value is -2.71. The number of hydrogen-bond donors (Lipinski definition) is 3. The lowest BCUT2D eigenvalue weighted by molar-refractivity contribution is -0.119. The van der Waals surface area contributed by atoms with E-state index in [1.807, 2.05) is 18.2 Å². The Morgan fingerprint density at radius 2 is 2.04 bits per heavy atom. The second kappa shape index (κ2) is 9.69. The molecular weight excluding hydrogens is 358 g/mol. The molecule has 1 atom stereocenters. The molecule has 1 unspecified atom stereocenters. The summed E-state index contributed by atoms with van der Waals surface area (Å²) in [5.41, 5.74) is 6.84. The Morgan fingerprint density at radius 3 is 2.69 bits per heavy atom. The quantitative estimate of drug-likeness (QED) is 0.647. The van der Waals surface area contributed by atoms with E-state index < -0.39 is 18.1 Å². The van der Waals surface area contributed by atoms with Crippen molar-refractivity contribution in [2.45, 2.75) is 26.0 Å². The molecule has 26 heavy (non-hydrogen) atoms. The summed E-state index contributed by atoms with van der Waals surface area (Å²) in [5.74, 6) is -0.320. The van der Waals surface area contributed by atoms with Gasteiger partial charge in [-0.25, -0.2) is 9.78 Å². The number of nitrogens with two attached hydrogens (primary N) is 1. The molecule has 0 bridgehead atoms. The summed E-state index contributed by atoms with van der Waals surface area (Å²) in [6.45, 7) is 2.48. The molecule has 0 saturated carbocycles. The number of rotatable bonds is 8. The average molecular weight is 378 g/mol. The molecule has 2 rings (SSSR count). The van der Waals surface area contributed by atoms with Gasteiger partial charge in [0.25, 0.3) is 0 Å². The summed E-state index contributed by atoms with van der Waals surface area (Å²) in [5, 5.41) is 6.18. The third-order valence-corrected chi connectivity index (χ3v) is 3.73. The first kappa shape index (κ1) is 19.6. The van der Waals surface area contributed by atoms with E-state index in [9.17, 15) is 9.59 Å². The SMILES string of the molecule is Cc1cnc(NC(=O)OC(CNCc2ccccc2Cl)CC(N)=O)cn1. The van der Waals surface area contributed by atoms with Crippen molar-refractivity contribution in [2.75, 3.05) is 11.9 Å². The molecule has 0 aliphatic heterocycles. The maximum atomic E-state index is 12.0. The first-order valence-corrected chi connectivity index (χ1v) is 8.30. The molecule has 2 aromatic rings. The number of nitrogens with one attached hydrogen (secondary N) is 2. The molecule has 4 N–H and O–H groups in total. The van der Waals surface area contributed by atoms with Gasteiger partial charge in [-0.05, 0) is 18.6 Å². The maximum absolute atomic E-state index is 12.0. The van der Waals surface area contributed by atoms with Crippen molar-refractivity contribution in [3.63, 3.8) is 0 Å². The number of hydrogen-bond acceptors (Lipinski definition) is 6. The molecule has 8 nitrogen and oxygen atoms in total. The largest absolute Gasteiger partial charge is 0.444 e. The minimum Gasteiger partial charge on any atom is -0.444 e. The van der Waals surface area contributed by atoms with Crippen LogP contribution in [0.1, 0.15) is 17.7 Å². The van der Waals surface area contributed by atoms with Crippen LogP contribution in [0.4, 0.5) is 10.6 Å². The minimum absolute atomic E-state index is 0.109. The van der Waals surface area contributed by atoms with Gasteiger partial charge in [0.05, 0.1) is 24.5 Å². The lowest BCUT2D eigenvalue weighted by Crippen LogP contribution is -2.35. The van der Waals surface area contributed by atoms with Gasteiger partial charge in [-0.2, -0.15) is 0 Å². The number of benzene rings is 1. The van der Waals surface area contributed by atoms with Crippen molar-refractivity contribution < 1.29 is 14.3 Å². The highest BCUT2D eigenvalue weighted by molar-refractivity contribution is 6.31. The smallest absolute Gasteiger partial charge is 0.413 e. The highest BCUT2D eigenvalue weighted by Crippen LogP contribution is 2.14. The number of aromatic nitrogens is 2. The lowest BCUT2D eigenvalue weighted by atomic mass is 10.2. The molecule has 0 saturated heterocycles. The normalized spacial score (nSPS) is 11.6. The predicted octanol–water partition coefficient (Wildman–Crippen LogP) is 2.02. The van der Waals surface area contributed by atoms with Gasteiger partial charge in [0.15, 0.2) is 5.82 Å². The van der Waals surface area contributed by atoms with Crippen LogP contribution in [0, 0.1) is 6.92 Å². The first-order chi connectivity index (χ1) is 12.4. The first-order valence-electron chi connectivity index (χ1n) is 7.92. The molecule has 0 fully saturated rings. The maximum Gasteiger partial charge on any atom is 0.413 e. The van der Waals surface area contributed by atoms with Crippen molar-refractivity contribution in [1.29, 1.82) is 0 Å². The summed E-state index contributed by atoms with van der Waals surface area (Å²) >= 11 is 6.09. The van der Waals surface area contributed by atoms with Crippen LogP contribution in [-0.4, -0.2) is 34.6 Å². The Labute approximate surface area is 156 Å². The van der Waals surface area contributed by atoms with Crippen LogP contribution in [0.15, 0.2) is 36.7 Å². The highest BCUT2D eigenvalue weighted by atomic mass is 35.5. The van der Waals surface area contributed by atoms with Crippen LogP contribution in [0.5, 0.6) is 0 Å². The van der Waals surface area contributed by atoms with Crippen LogP contribution >= 0.6 is 11.6 Å². The highest BCUT2D eigenvalue weighted by Gasteiger charge is 2.17. The van der Waals surface area contributed by atoms with Crippen LogP contribution in [0.25, 0.3) is 0 Å². The molecular formula is C17H20ClN5O3. The van der Waals surface area contributed by atoms with Crippen LogP contribution in [0.3, 0.4) is 0 Å². The molecule has 1 heterocycles. The summed E-state index contributed by atoms with van der Waals surface area (Å²) in [4.78, 5) is 31.2. The van der Waals surface area contributed by atoms with Crippen LogP contribution < -0.4 is 16.4 Å². The van der Waals surface area contributed by atoms with E-state index in [4.69, 9.17) is 22.1 Å². The number of amides is 2. The zero-order valence-electron chi connectivity index (χ0n) is 14.2. The van der Waals surface area contributed by atoms with Crippen molar-refractivity contribution >= 4 is 29.4 Å². The molecule has 138 valence electrons. The van der Waals surface area contributed by atoms with Gasteiger partial charge in [0, 0.05) is 18.1 Å². The van der Waals surface area contributed by atoms with E-state index in [1.165, 1.54) is 12.4 Å². The fourth-order valence-electron chi connectivity index (χ4n) is 2.13. The Bertz CT molecular complexity index is 754. The van der Waals surface area contributed by atoms with Crippen molar-refractivity contribution in [3.8, 4) is 0 Å². The molecule has 0 spiro atoms. The summed E-state index contributed by atoms with van der Waals surface area (Å²) in [7, 11) is 0. The van der Waals surface area contributed by atoms with Gasteiger partial charge in [-0.15, -0.1) is 0 Å². The fraction of sp³-hybridized carbons (Fsp3) is 0.294. The fourth-order valence-corrected chi connectivity index (χ4v) is 2.33. The van der Waals surface area contributed by atoms with Crippen molar-refractivity contribution in [3.05, 3.63) is 52.9 Å². The number of ether oxygens (including phenoxy) is 1. The van der Waals surface area contributed by atoms with E-state index >= 15 is 0 Å². The number of carbonyl (C=O) groups is 2. The Kier molecular flexibility index (Phi) is 7.31. The second-order valence-electron chi connectivity index (χ2n) is 5.59. The van der Waals surface area contributed by atoms with Gasteiger partial charge in [0.1, 0.15) is 6.10 Å². The van der Waals surface area contributed by atoms with E-state index in [2.05, 4.69) is 20.6 Å².